The maximum atomic E-state index is 11.5. The van der Waals surface area contributed by atoms with Crippen molar-refractivity contribution in [3.8, 4) is 0 Å². The molecule has 0 aromatic heterocycles. The predicted molar refractivity (Wildman–Crippen MR) is 110 cm³/mol. The fourth-order valence-corrected chi connectivity index (χ4v) is 2.68. The molecule has 0 spiro atoms. The molecule has 0 aliphatic rings. The molecule has 0 atom stereocenters. The second-order valence-corrected chi connectivity index (χ2v) is 5.84. The maximum absolute atomic E-state index is 11.5. The minimum Gasteiger partial charge on any atom is -0.145 e. The molecule has 3 aromatic rings. The summed E-state index contributed by atoms with van der Waals surface area (Å²) in [5, 5.41) is 3.24. The van der Waals surface area contributed by atoms with Crippen molar-refractivity contribution < 1.29 is 0 Å². The van der Waals surface area contributed by atoms with E-state index < -0.39 is 0 Å². The van der Waals surface area contributed by atoms with Crippen molar-refractivity contribution in [3.05, 3.63) is 131 Å². The average molecular weight is 337 g/mol. The molecule has 0 saturated carbocycles. The maximum Gasteiger partial charge on any atom is 0.115 e. The van der Waals surface area contributed by atoms with Gasteiger partial charge in [0, 0.05) is 5.56 Å². The Morgan fingerprint density at radius 3 is 1.62 bits per heavy atom. The van der Waals surface area contributed by atoms with Crippen molar-refractivity contribution in [2.24, 2.45) is 5.18 Å². The van der Waals surface area contributed by atoms with Gasteiger partial charge < -0.3 is 0 Å². The number of nitroso groups, excluding NO2 is 1. The molecule has 0 radical (unpaired) electrons. The minimum atomic E-state index is 0.390. The summed E-state index contributed by atoms with van der Waals surface area (Å²) in [7, 11) is 0. The quantitative estimate of drug-likeness (QED) is 0.368. The van der Waals surface area contributed by atoms with Gasteiger partial charge in [-0.1, -0.05) is 97.6 Å². The average Bonchev–Trinajstić information content (AvgIpc) is 2.73. The number of nitrogens with zero attached hydrogens (tertiary/aromatic N) is 1. The van der Waals surface area contributed by atoms with Gasteiger partial charge in [-0.3, -0.25) is 0 Å². The molecule has 0 N–H and O–H groups in total. The fraction of sp³-hybridized carbons (Fsp3) is 0. The lowest BCUT2D eigenvalue weighted by Gasteiger charge is -2.07. The molecule has 0 bridgehead atoms. The first kappa shape index (κ1) is 17.3. The second kappa shape index (κ2) is 8.54. The Labute approximate surface area is 153 Å². The lowest BCUT2D eigenvalue weighted by molar-refractivity contribution is 1.48. The lowest BCUT2D eigenvalue weighted by atomic mass is 9.98. The minimum absolute atomic E-state index is 0.390. The molecule has 2 heteroatoms. The standard InChI is InChI=1S/C24H19NO/c1-19(20-11-5-2-6-12-20)17-23(21-13-7-3-8-14-21)18-24(25-26)22-15-9-4-10-16-22/h2-18H,1H2/b23-17+,24-18-. The molecule has 0 fully saturated rings. The summed E-state index contributed by atoms with van der Waals surface area (Å²) >= 11 is 0. The summed E-state index contributed by atoms with van der Waals surface area (Å²) in [4.78, 5) is 11.5. The van der Waals surface area contributed by atoms with E-state index in [-0.39, 0.29) is 0 Å². The summed E-state index contributed by atoms with van der Waals surface area (Å²) in [5.74, 6) is 0. The summed E-state index contributed by atoms with van der Waals surface area (Å²) in [6, 6.07) is 29.3. The molecule has 3 aromatic carbocycles. The Morgan fingerprint density at radius 2 is 1.12 bits per heavy atom. The third-order valence-corrected chi connectivity index (χ3v) is 4.04. The zero-order valence-electron chi connectivity index (χ0n) is 14.4. The van der Waals surface area contributed by atoms with Crippen LogP contribution in [0.2, 0.25) is 0 Å². The van der Waals surface area contributed by atoms with Crippen LogP contribution in [0.3, 0.4) is 0 Å². The third kappa shape index (κ3) is 4.31. The van der Waals surface area contributed by atoms with Crippen LogP contribution >= 0.6 is 0 Å². The third-order valence-electron chi connectivity index (χ3n) is 4.04. The van der Waals surface area contributed by atoms with Gasteiger partial charge in [0.2, 0.25) is 0 Å². The van der Waals surface area contributed by atoms with Crippen molar-refractivity contribution in [1.29, 1.82) is 0 Å². The van der Waals surface area contributed by atoms with E-state index >= 15 is 0 Å². The highest BCUT2D eigenvalue weighted by Gasteiger charge is 2.06. The van der Waals surface area contributed by atoms with Crippen molar-refractivity contribution >= 4 is 16.8 Å². The molecule has 2 nitrogen and oxygen atoms in total. The normalized spacial score (nSPS) is 11.8. The molecule has 0 heterocycles. The predicted octanol–water partition coefficient (Wildman–Crippen LogP) is 6.59. The number of hydrogen-bond donors (Lipinski definition) is 0. The molecule has 0 unspecified atom stereocenters. The van der Waals surface area contributed by atoms with Crippen LogP contribution in [0.4, 0.5) is 0 Å². The zero-order valence-corrected chi connectivity index (χ0v) is 14.4. The first-order chi connectivity index (χ1) is 12.8. The molecule has 126 valence electrons. The molecule has 26 heavy (non-hydrogen) atoms. The Bertz CT molecular complexity index is 939. The van der Waals surface area contributed by atoms with Crippen LogP contribution in [-0.4, -0.2) is 0 Å². The molecular formula is C24H19NO. The number of benzene rings is 3. The topological polar surface area (TPSA) is 29.4 Å². The second-order valence-electron chi connectivity index (χ2n) is 5.84. The van der Waals surface area contributed by atoms with Crippen molar-refractivity contribution in [2.75, 3.05) is 0 Å². The van der Waals surface area contributed by atoms with Crippen molar-refractivity contribution in [1.82, 2.24) is 0 Å². The van der Waals surface area contributed by atoms with Crippen LogP contribution in [0.5, 0.6) is 0 Å². The molecular weight excluding hydrogens is 318 g/mol. The van der Waals surface area contributed by atoms with Crippen molar-refractivity contribution in [3.63, 3.8) is 0 Å². The Kier molecular flexibility index (Phi) is 5.69. The van der Waals surface area contributed by atoms with Gasteiger partial charge in [0.1, 0.15) is 5.70 Å². The SMILES string of the molecule is C=C(/C=C(\C=C(/N=O)c1ccccc1)c1ccccc1)c1ccccc1. The Hall–Kier alpha value is -3.52. The van der Waals surface area contributed by atoms with Gasteiger partial charge in [0.15, 0.2) is 0 Å². The van der Waals surface area contributed by atoms with E-state index in [2.05, 4.69) is 11.8 Å². The summed E-state index contributed by atoms with van der Waals surface area (Å²) < 4.78 is 0. The van der Waals surface area contributed by atoms with Gasteiger partial charge in [-0.2, -0.15) is 0 Å². The van der Waals surface area contributed by atoms with Crippen LogP contribution in [0.15, 0.2) is 115 Å². The fourth-order valence-electron chi connectivity index (χ4n) is 2.68. The van der Waals surface area contributed by atoms with E-state index in [9.17, 15) is 4.91 Å². The Morgan fingerprint density at radius 1 is 0.654 bits per heavy atom. The monoisotopic (exact) mass is 337 g/mol. The van der Waals surface area contributed by atoms with Gasteiger partial charge in [0.25, 0.3) is 0 Å². The molecule has 3 rings (SSSR count). The molecule has 0 aliphatic heterocycles. The number of hydrogen-bond acceptors (Lipinski definition) is 2. The van der Waals surface area contributed by atoms with E-state index in [1.165, 1.54) is 0 Å². The van der Waals surface area contributed by atoms with Crippen LogP contribution in [-0.2, 0) is 0 Å². The summed E-state index contributed by atoms with van der Waals surface area (Å²) in [6.45, 7) is 4.18. The van der Waals surface area contributed by atoms with Gasteiger partial charge in [-0.25, -0.2) is 0 Å². The summed E-state index contributed by atoms with van der Waals surface area (Å²) in [6.07, 6.45) is 3.80. The van der Waals surface area contributed by atoms with E-state index in [1.807, 2.05) is 103 Å². The van der Waals surface area contributed by atoms with Crippen LogP contribution < -0.4 is 0 Å². The lowest BCUT2D eigenvalue weighted by Crippen LogP contribution is -1.87. The first-order valence-electron chi connectivity index (χ1n) is 8.40. The van der Waals surface area contributed by atoms with E-state index in [1.54, 1.807) is 0 Å². The van der Waals surface area contributed by atoms with Crippen LogP contribution in [0, 0.1) is 4.91 Å². The van der Waals surface area contributed by atoms with Gasteiger partial charge in [-0.15, -0.1) is 4.91 Å². The highest BCUT2D eigenvalue weighted by molar-refractivity contribution is 5.90. The highest BCUT2D eigenvalue weighted by Crippen LogP contribution is 2.26. The molecule has 0 aliphatic carbocycles. The van der Waals surface area contributed by atoms with Crippen LogP contribution in [0.25, 0.3) is 16.8 Å². The van der Waals surface area contributed by atoms with Gasteiger partial charge in [-0.05, 0) is 39.6 Å². The van der Waals surface area contributed by atoms with Gasteiger partial charge in [0.05, 0.1) is 0 Å². The zero-order chi connectivity index (χ0) is 18.2. The van der Waals surface area contributed by atoms with Crippen LogP contribution in [0.1, 0.15) is 16.7 Å². The number of rotatable bonds is 6. The highest BCUT2D eigenvalue weighted by atomic mass is 16.3. The van der Waals surface area contributed by atoms with E-state index in [0.29, 0.717) is 5.70 Å². The summed E-state index contributed by atoms with van der Waals surface area (Å²) in [5.41, 5.74) is 4.98. The van der Waals surface area contributed by atoms with E-state index in [4.69, 9.17) is 0 Å². The van der Waals surface area contributed by atoms with Crippen molar-refractivity contribution in [2.45, 2.75) is 0 Å². The van der Waals surface area contributed by atoms with E-state index in [0.717, 1.165) is 27.8 Å². The molecule has 0 amide bonds. The smallest absolute Gasteiger partial charge is 0.115 e. The first-order valence-corrected chi connectivity index (χ1v) is 8.40. The number of allylic oxidation sites excluding steroid dienone is 4. The Balaban J connectivity index is 2.07. The largest absolute Gasteiger partial charge is 0.145 e. The van der Waals surface area contributed by atoms with Gasteiger partial charge >= 0.3 is 0 Å². The molecule has 0 saturated heterocycles.